The molecule has 3 heterocycles. The van der Waals surface area contributed by atoms with Gasteiger partial charge in [-0.05, 0) is 12.8 Å². The molecule has 3 rings (SSSR count). The van der Waals surface area contributed by atoms with E-state index in [1.807, 2.05) is 4.90 Å². The maximum Gasteiger partial charge on any atom is 0.328 e. The number of anilines is 1. The van der Waals surface area contributed by atoms with Crippen molar-refractivity contribution in [3.63, 3.8) is 0 Å². The first-order valence-corrected chi connectivity index (χ1v) is 7.84. The number of carboxylic acid groups (broad SMARTS) is 1. The Labute approximate surface area is 138 Å². The van der Waals surface area contributed by atoms with Crippen LogP contribution in [0, 0.1) is 0 Å². The predicted octanol–water partition coefficient (Wildman–Crippen LogP) is 0.656. The zero-order valence-corrected chi connectivity index (χ0v) is 13.2. The summed E-state index contributed by atoms with van der Waals surface area (Å²) in [6.07, 6.45) is 3.51. The maximum absolute atomic E-state index is 12.7. The molecular weight excluding hydrogens is 324 g/mol. The number of amides is 1. The normalized spacial score (nSPS) is 21.5. The van der Waals surface area contributed by atoms with E-state index in [1.54, 1.807) is 0 Å². The van der Waals surface area contributed by atoms with E-state index in [2.05, 4.69) is 9.97 Å². The van der Waals surface area contributed by atoms with Gasteiger partial charge in [0.05, 0.1) is 24.4 Å². The van der Waals surface area contributed by atoms with Crippen molar-refractivity contribution in [3.05, 3.63) is 16.9 Å². The number of rotatable bonds is 3. The number of carbonyl (C=O) groups excluding carboxylic acids is 1. The number of ether oxygens (including phenoxy) is 1. The summed E-state index contributed by atoms with van der Waals surface area (Å²) in [6.45, 7) is 2.12. The topological polar surface area (TPSA) is 95.9 Å². The molecule has 0 radical (unpaired) electrons. The number of aromatic nitrogens is 2. The average Bonchev–Trinajstić information content (AvgIpc) is 3.09. The quantitative estimate of drug-likeness (QED) is 0.863. The molecule has 2 aliphatic rings. The van der Waals surface area contributed by atoms with Crippen LogP contribution in [-0.4, -0.2) is 70.7 Å². The lowest BCUT2D eigenvalue weighted by atomic mass is 10.2. The summed E-state index contributed by atoms with van der Waals surface area (Å²) in [7, 11) is 0. The molecule has 8 nitrogen and oxygen atoms in total. The van der Waals surface area contributed by atoms with Crippen LogP contribution < -0.4 is 4.90 Å². The average molecular weight is 341 g/mol. The number of hydrogen-bond donors (Lipinski definition) is 1. The molecule has 0 saturated carbocycles. The second-order valence-corrected chi connectivity index (χ2v) is 5.90. The van der Waals surface area contributed by atoms with Crippen LogP contribution in [0.1, 0.15) is 23.3 Å². The van der Waals surface area contributed by atoms with Gasteiger partial charge in [-0.1, -0.05) is 11.6 Å². The largest absolute Gasteiger partial charge is 0.480 e. The number of hydrogen-bond acceptors (Lipinski definition) is 6. The highest BCUT2D eigenvalue weighted by molar-refractivity contribution is 6.33. The van der Waals surface area contributed by atoms with Crippen molar-refractivity contribution in [1.29, 1.82) is 0 Å². The van der Waals surface area contributed by atoms with E-state index >= 15 is 0 Å². The van der Waals surface area contributed by atoms with Crippen molar-refractivity contribution in [2.24, 2.45) is 0 Å². The van der Waals surface area contributed by atoms with Crippen molar-refractivity contribution < 1.29 is 19.4 Å². The van der Waals surface area contributed by atoms with Gasteiger partial charge >= 0.3 is 5.97 Å². The van der Waals surface area contributed by atoms with Crippen LogP contribution >= 0.6 is 11.6 Å². The van der Waals surface area contributed by atoms with E-state index in [0.717, 1.165) is 25.9 Å². The second kappa shape index (κ2) is 6.67. The van der Waals surface area contributed by atoms with Gasteiger partial charge in [-0.2, -0.15) is 0 Å². The summed E-state index contributed by atoms with van der Waals surface area (Å²) in [5, 5.41) is 9.37. The lowest BCUT2D eigenvalue weighted by molar-refractivity contribution is -0.147. The Morgan fingerprint density at radius 3 is 2.74 bits per heavy atom. The smallest absolute Gasteiger partial charge is 0.328 e. The van der Waals surface area contributed by atoms with Gasteiger partial charge in [0.25, 0.3) is 5.91 Å². The van der Waals surface area contributed by atoms with Crippen LogP contribution in [0.2, 0.25) is 5.02 Å². The first kappa shape index (κ1) is 15.9. The van der Waals surface area contributed by atoms with Crippen LogP contribution in [0.5, 0.6) is 0 Å². The molecule has 1 amide bonds. The van der Waals surface area contributed by atoms with E-state index in [0.29, 0.717) is 5.95 Å². The summed E-state index contributed by atoms with van der Waals surface area (Å²) >= 11 is 6.07. The Bertz CT molecular complexity index is 621. The molecule has 0 spiro atoms. The summed E-state index contributed by atoms with van der Waals surface area (Å²) in [4.78, 5) is 35.7. The molecule has 23 heavy (non-hydrogen) atoms. The number of carboxylic acids is 1. The van der Waals surface area contributed by atoms with Crippen LogP contribution in [0.4, 0.5) is 5.95 Å². The fourth-order valence-corrected chi connectivity index (χ4v) is 2.94. The minimum atomic E-state index is -1.11. The summed E-state index contributed by atoms with van der Waals surface area (Å²) in [5.41, 5.74) is 0.0386. The van der Waals surface area contributed by atoms with E-state index < -0.39 is 17.9 Å². The van der Waals surface area contributed by atoms with E-state index in [4.69, 9.17) is 16.3 Å². The van der Waals surface area contributed by atoms with Crippen LogP contribution in [0.3, 0.4) is 0 Å². The van der Waals surface area contributed by atoms with Crippen molar-refractivity contribution in [3.8, 4) is 0 Å². The first-order chi connectivity index (χ1) is 11.1. The summed E-state index contributed by atoms with van der Waals surface area (Å²) in [6, 6.07) is -1.03. The van der Waals surface area contributed by atoms with E-state index in [-0.39, 0.29) is 30.5 Å². The second-order valence-electron chi connectivity index (χ2n) is 5.49. The third-order valence-electron chi connectivity index (χ3n) is 4.00. The minimum Gasteiger partial charge on any atom is -0.480 e. The SMILES string of the molecule is O=C(O)C1COCCN1C(=O)c1nc(N2CCCC2)ncc1Cl. The van der Waals surface area contributed by atoms with Crippen molar-refractivity contribution >= 4 is 29.4 Å². The Morgan fingerprint density at radius 2 is 2.04 bits per heavy atom. The standard InChI is InChI=1S/C14H17ClN4O4/c15-9-7-16-14(18-3-1-2-4-18)17-11(9)12(20)19-5-6-23-8-10(19)13(21)22/h7,10H,1-6,8H2,(H,21,22). The number of halogens is 1. The van der Waals surface area contributed by atoms with Gasteiger partial charge in [0.1, 0.15) is 0 Å². The fourth-order valence-electron chi connectivity index (χ4n) is 2.76. The number of aliphatic carboxylic acids is 1. The monoisotopic (exact) mass is 340 g/mol. The zero-order chi connectivity index (χ0) is 16.4. The van der Waals surface area contributed by atoms with Gasteiger partial charge in [0, 0.05) is 19.6 Å². The van der Waals surface area contributed by atoms with Gasteiger partial charge in [-0.3, -0.25) is 4.79 Å². The highest BCUT2D eigenvalue weighted by atomic mass is 35.5. The molecule has 0 aromatic carbocycles. The third-order valence-corrected chi connectivity index (χ3v) is 4.27. The maximum atomic E-state index is 12.7. The molecule has 9 heteroatoms. The van der Waals surface area contributed by atoms with Crippen molar-refractivity contribution in [1.82, 2.24) is 14.9 Å². The highest BCUT2D eigenvalue weighted by Gasteiger charge is 2.35. The van der Waals surface area contributed by atoms with Crippen molar-refractivity contribution in [2.45, 2.75) is 18.9 Å². The molecule has 1 aromatic rings. The molecule has 1 unspecified atom stereocenters. The minimum absolute atomic E-state index is 0.0386. The lowest BCUT2D eigenvalue weighted by Gasteiger charge is -2.32. The number of morpholine rings is 1. The molecule has 1 atom stereocenters. The third kappa shape index (κ3) is 3.23. The number of carbonyl (C=O) groups is 2. The number of nitrogens with zero attached hydrogens (tertiary/aromatic N) is 4. The Kier molecular flexibility index (Phi) is 4.63. The van der Waals surface area contributed by atoms with E-state index in [9.17, 15) is 14.7 Å². The van der Waals surface area contributed by atoms with Gasteiger partial charge in [-0.15, -0.1) is 0 Å². The summed E-state index contributed by atoms with van der Waals surface area (Å²) in [5.74, 6) is -1.16. The molecule has 2 saturated heterocycles. The zero-order valence-electron chi connectivity index (χ0n) is 12.4. The Morgan fingerprint density at radius 1 is 1.30 bits per heavy atom. The van der Waals surface area contributed by atoms with E-state index in [1.165, 1.54) is 11.1 Å². The molecule has 124 valence electrons. The fraction of sp³-hybridized carbons (Fsp3) is 0.571. The molecule has 0 bridgehead atoms. The highest BCUT2D eigenvalue weighted by Crippen LogP contribution is 2.22. The van der Waals surface area contributed by atoms with Gasteiger partial charge in [0.15, 0.2) is 11.7 Å². The molecule has 1 aromatic heterocycles. The molecule has 0 aliphatic carbocycles. The van der Waals surface area contributed by atoms with Crippen LogP contribution in [-0.2, 0) is 9.53 Å². The summed E-state index contributed by atoms with van der Waals surface area (Å²) < 4.78 is 5.15. The molecule has 2 aliphatic heterocycles. The molecule has 2 fully saturated rings. The van der Waals surface area contributed by atoms with Crippen molar-refractivity contribution in [2.75, 3.05) is 37.7 Å². The molecular formula is C14H17ClN4O4. The van der Waals surface area contributed by atoms with Crippen LogP contribution in [0.25, 0.3) is 0 Å². The first-order valence-electron chi connectivity index (χ1n) is 7.47. The lowest BCUT2D eigenvalue weighted by Crippen LogP contribution is -2.52. The van der Waals surface area contributed by atoms with Gasteiger partial charge < -0.3 is 19.6 Å². The molecule has 1 N–H and O–H groups in total. The predicted molar refractivity (Wildman–Crippen MR) is 81.8 cm³/mol. The van der Waals surface area contributed by atoms with Gasteiger partial charge in [-0.25, -0.2) is 14.8 Å². The Balaban J connectivity index is 1.88. The van der Waals surface area contributed by atoms with Gasteiger partial charge in [0.2, 0.25) is 5.95 Å². The Hall–Kier alpha value is -1.93. The van der Waals surface area contributed by atoms with Crippen LogP contribution in [0.15, 0.2) is 6.20 Å².